The molecule has 2 aromatic heterocycles. The summed E-state index contributed by atoms with van der Waals surface area (Å²) < 4.78 is 0. The van der Waals surface area contributed by atoms with Gasteiger partial charge in [-0.05, 0) is 37.6 Å². The van der Waals surface area contributed by atoms with Gasteiger partial charge in [-0.1, -0.05) is 6.07 Å². The maximum atomic E-state index is 12.0. The molecule has 0 fully saturated rings. The second kappa shape index (κ2) is 3.95. The summed E-state index contributed by atoms with van der Waals surface area (Å²) >= 11 is 1.53. The Morgan fingerprint density at radius 3 is 2.67 bits per heavy atom. The fraction of sp³-hybridized carbons (Fsp3) is 0.167. The molecule has 0 unspecified atom stereocenters. The second-order valence-corrected chi connectivity index (χ2v) is 4.65. The van der Waals surface area contributed by atoms with E-state index < -0.39 is 0 Å². The van der Waals surface area contributed by atoms with Crippen LogP contribution in [0.25, 0.3) is 0 Å². The normalized spacial score (nSPS) is 10.3. The number of carbonyl (C=O) groups is 1. The number of aromatic nitrogens is 1. The molecule has 0 atom stereocenters. The minimum atomic E-state index is 0.0109. The summed E-state index contributed by atoms with van der Waals surface area (Å²) in [4.78, 5) is 18.0. The van der Waals surface area contributed by atoms with Gasteiger partial charge in [0, 0.05) is 11.1 Å². The Kier molecular flexibility index (Phi) is 2.64. The molecule has 76 valence electrons. The van der Waals surface area contributed by atoms with Gasteiger partial charge in [-0.25, -0.2) is 0 Å². The van der Waals surface area contributed by atoms with Crippen LogP contribution in [0, 0.1) is 13.8 Å². The number of pyridine rings is 1. The van der Waals surface area contributed by atoms with E-state index in [0.717, 1.165) is 4.88 Å². The van der Waals surface area contributed by atoms with Crippen LogP contribution in [0.15, 0.2) is 30.5 Å². The lowest BCUT2D eigenvalue weighted by molar-refractivity contribution is 0.103. The molecule has 3 heteroatoms. The summed E-state index contributed by atoms with van der Waals surface area (Å²) in [6.07, 6.45) is 1.64. The predicted molar refractivity (Wildman–Crippen MR) is 61.5 cm³/mol. The maximum Gasteiger partial charge on any atom is 0.221 e. The zero-order valence-electron chi connectivity index (χ0n) is 8.65. The fourth-order valence-electron chi connectivity index (χ4n) is 1.31. The molecule has 2 nitrogen and oxygen atoms in total. The first kappa shape index (κ1) is 10.1. The van der Waals surface area contributed by atoms with Gasteiger partial charge in [0.15, 0.2) is 0 Å². The molecule has 15 heavy (non-hydrogen) atoms. The monoisotopic (exact) mass is 217 g/mol. The summed E-state index contributed by atoms with van der Waals surface area (Å²) in [7, 11) is 0. The summed E-state index contributed by atoms with van der Waals surface area (Å²) in [5, 5.41) is 0. The molecule has 2 aromatic rings. The van der Waals surface area contributed by atoms with Crippen LogP contribution in [-0.2, 0) is 0 Å². The third-order valence-corrected chi connectivity index (χ3v) is 3.44. The standard InChI is InChI=1S/C12H11NOS/c1-8-7-11(15-9(8)2)12(14)10-5-3-4-6-13-10/h3-7H,1-2H3. The lowest BCUT2D eigenvalue weighted by Crippen LogP contribution is -2.00. The van der Waals surface area contributed by atoms with E-state index in [1.54, 1.807) is 12.3 Å². The van der Waals surface area contributed by atoms with E-state index in [-0.39, 0.29) is 5.78 Å². The summed E-state index contributed by atoms with van der Waals surface area (Å²) in [5.41, 5.74) is 1.68. The number of rotatable bonds is 2. The first-order valence-corrected chi connectivity index (χ1v) is 5.53. The van der Waals surface area contributed by atoms with Gasteiger partial charge in [0.1, 0.15) is 5.69 Å². The summed E-state index contributed by atoms with van der Waals surface area (Å²) in [5.74, 6) is 0.0109. The minimum absolute atomic E-state index is 0.0109. The van der Waals surface area contributed by atoms with Gasteiger partial charge in [0.25, 0.3) is 0 Å². The van der Waals surface area contributed by atoms with E-state index in [1.807, 2.05) is 32.0 Å². The number of hydrogen-bond acceptors (Lipinski definition) is 3. The summed E-state index contributed by atoms with van der Waals surface area (Å²) in [6.45, 7) is 4.04. The highest BCUT2D eigenvalue weighted by Crippen LogP contribution is 2.22. The average Bonchev–Trinajstić information content (AvgIpc) is 2.59. The molecule has 0 aliphatic carbocycles. The molecule has 0 aromatic carbocycles. The third-order valence-electron chi connectivity index (χ3n) is 2.29. The van der Waals surface area contributed by atoms with Crippen molar-refractivity contribution in [3.63, 3.8) is 0 Å². The minimum Gasteiger partial charge on any atom is -0.286 e. The number of ketones is 1. The molecule has 0 bridgehead atoms. The second-order valence-electron chi connectivity index (χ2n) is 3.39. The molecule has 2 heterocycles. The van der Waals surface area contributed by atoms with E-state index in [2.05, 4.69) is 4.98 Å². The van der Waals surface area contributed by atoms with Crippen molar-refractivity contribution >= 4 is 17.1 Å². The van der Waals surface area contributed by atoms with Crippen molar-refractivity contribution in [2.24, 2.45) is 0 Å². The highest BCUT2D eigenvalue weighted by molar-refractivity contribution is 7.14. The Morgan fingerprint density at radius 1 is 1.33 bits per heavy atom. The van der Waals surface area contributed by atoms with Crippen molar-refractivity contribution in [1.29, 1.82) is 0 Å². The third kappa shape index (κ3) is 1.97. The predicted octanol–water partition coefficient (Wildman–Crippen LogP) is 2.99. The Bertz CT molecular complexity index is 468. The van der Waals surface area contributed by atoms with Crippen LogP contribution >= 0.6 is 11.3 Å². The Balaban J connectivity index is 2.37. The highest BCUT2D eigenvalue weighted by Gasteiger charge is 2.13. The Hall–Kier alpha value is -1.48. The van der Waals surface area contributed by atoms with Gasteiger partial charge in [0.2, 0.25) is 5.78 Å². The van der Waals surface area contributed by atoms with Gasteiger partial charge in [-0.2, -0.15) is 0 Å². The molecule has 0 saturated carbocycles. The topological polar surface area (TPSA) is 30.0 Å². The van der Waals surface area contributed by atoms with Crippen LogP contribution in [0.2, 0.25) is 0 Å². The van der Waals surface area contributed by atoms with Gasteiger partial charge in [0.05, 0.1) is 4.88 Å². The molecular formula is C12H11NOS. The van der Waals surface area contributed by atoms with E-state index in [1.165, 1.54) is 21.8 Å². The first-order valence-electron chi connectivity index (χ1n) is 4.71. The smallest absolute Gasteiger partial charge is 0.221 e. The van der Waals surface area contributed by atoms with Gasteiger partial charge < -0.3 is 0 Å². The summed E-state index contributed by atoms with van der Waals surface area (Å²) in [6, 6.07) is 7.30. The first-order chi connectivity index (χ1) is 7.18. The molecule has 2 rings (SSSR count). The number of thiophene rings is 1. The SMILES string of the molecule is Cc1cc(C(=O)c2ccccn2)sc1C. The largest absolute Gasteiger partial charge is 0.286 e. The zero-order valence-corrected chi connectivity index (χ0v) is 9.47. The highest BCUT2D eigenvalue weighted by atomic mass is 32.1. The Morgan fingerprint density at radius 2 is 2.13 bits per heavy atom. The molecular weight excluding hydrogens is 206 g/mol. The van der Waals surface area contributed by atoms with Crippen LogP contribution in [0.3, 0.4) is 0 Å². The number of hydrogen-bond donors (Lipinski definition) is 0. The van der Waals surface area contributed by atoms with Crippen molar-refractivity contribution < 1.29 is 4.79 Å². The molecule has 0 N–H and O–H groups in total. The Labute approximate surface area is 92.6 Å². The number of aryl methyl sites for hydroxylation is 2. The van der Waals surface area contributed by atoms with Crippen molar-refractivity contribution in [1.82, 2.24) is 4.98 Å². The fourth-order valence-corrected chi connectivity index (χ4v) is 2.29. The van der Waals surface area contributed by atoms with Crippen molar-refractivity contribution in [3.8, 4) is 0 Å². The molecule has 0 aliphatic heterocycles. The zero-order chi connectivity index (χ0) is 10.8. The molecule has 0 saturated heterocycles. The van der Waals surface area contributed by atoms with E-state index in [9.17, 15) is 4.79 Å². The van der Waals surface area contributed by atoms with Gasteiger partial charge in [-0.15, -0.1) is 11.3 Å². The van der Waals surface area contributed by atoms with Gasteiger partial charge >= 0.3 is 0 Å². The van der Waals surface area contributed by atoms with Crippen molar-refractivity contribution in [3.05, 3.63) is 51.5 Å². The molecule has 0 spiro atoms. The van der Waals surface area contributed by atoms with Crippen LogP contribution in [0.1, 0.15) is 25.8 Å². The van der Waals surface area contributed by atoms with Crippen LogP contribution in [-0.4, -0.2) is 10.8 Å². The number of carbonyl (C=O) groups excluding carboxylic acids is 1. The van der Waals surface area contributed by atoms with Crippen LogP contribution in [0.4, 0.5) is 0 Å². The maximum absolute atomic E-state index is 12.0. The van der Waals surface area contributed by atoms with Crippen molar-refractivity contribution in [2.75, 3.05) is 0 Å². The van der Waals surface area contributed by atoms with E-state index >= 15 is 0 Å². The lowest BCUT2D eigenvalue weighted by atomic mass is 10.2. The molecule has 0 radical (unpaired) electrons. The van der Waals surface area contributed by atoms with Crippen molar-refractivity contribution in [2.45, 2.75) is 13.8 Å². The lowest BCUT2D eigenvalue weighted by Gasteiger charge is -1.94. The molecule has 0 aliphatic rings. The van der Waals surface area contributed by atoms with Crippen LogP contribution < -0.4 is 0 Å². The van der Waals surface area contributed by atoms with Gasteiger partial charge in [-0.3, -0.25) is 9.78 Å². The van der Waals surface area contributed by atoms with E-state index in [4.69, 9.17) is 0 Å². The van der Waals surface area contributed by atoms with E-state index in [0.29, 0.717) is 5.69 Å². The number of nitrogens with zero attached hydrogens (tertiary/aromatic N) is 1. The average molecular weight is 217 g/mol. The molecule has 0 amide bonds. The van der Waals surface area contributed by atoms with Crippen LogP contribution in [0.5, 0.6) is 0 Å². The quantitative estimate of drug-likeness (QED) is 0.724.